The van der Waals surface area contributed by atoms with Crippen LogP contribution in [0.4, 0.5) is 0 Å². The van der Waals surface area contributed by atoms with E-state index in [9.17, 15) is 9.90 Å². The molecule has 0 bridgehead atoms. The lowest BCUT2D eigenvalue weighted by molar-refractivity contribution is -0.139. The van der Waals surface area contributed by atoms with Gasteiger partial charge in [0.2, 0.25) is 0 Å². The molecule has 0 spiro atoms. The highest BCUT2D eigenvalue weighted by Crippen LogP contribution is 2.34. The third kappa shape index (κ3) is 1.92. The first-order chi connectivity index (χ1) is 10.6. The van der Waals surface area contributed by atoms with Crippen molar-refractivity contribution in [1.29, 1.82) is 0 Å². The van der Waals surface area contributed by atoms with Crippen LogP contribution in [0.25, 0.3) is 10.9 Å². The minimum atomic E-state index is -0.860. The van der Waals surface area contributed by atoms with Crippen molar-refractivity contribution in [2.75, 3.05) is 0 Å². The van der Waals surface area contributed by atoms with Crippen LogP contribution in [0, 0.1) is 6.92 Å². The molecule has 3 N–H and O–H groups in total. The summed E-state index contributed by atoms with van der Waals surface area (Å²) in [5.74, 6) is -0.159. The van der Waals surface area contributed by atoms with Gasteiger partial charge in [0.05, 0.1) is 6.04 Å². The number of H-pyrrole nitrogens is 1. The number of fused-ring (bicyclic) bond motifs is 3. The van der Waals surface area contributed by atoms with Crippen molar-refractivity contribution in [1.82, 2.24) is 15.5 Å². The lowest BCUT2D eigenvalue weighted by Crippen LogP contribution is -2.45. The number of carboxylic acids is 1. The second-order valence-electron chi connectivity index (χ2n) is 5.62. The number of benzene rings is 1. The van der Waals surface area contributed by atoms with Gasteiger partial charge in [0, 0.05) is 29.1 Å². The lowest BCUT2D eigenvalue weighted by Gasteiger charge is -2.27. The van der Waals surface area contributed by atoms with E-state index in [1.807, 2.05) is 37.3 Å². The Balaban J connectivity index is 1.91. The number of carbonyl (C=O) groups is 1. The van der Waals surface area contributed by atoms with Crippen LogP contribution in [0.15, 0.2) is 34.9 Å². The fourth-order valence-corrected chi connectivity index (χ4v) is 3.15. The van der Waals surface area contributed by atoms with Gasteiger partial charge in [-0.2, -0.15) is 0 Å². The van der Waals surface area contributed by atoms with Crippen LogP contribution < -0.4 is 5.32 Å². The summed E-state index contributed by atoms with van der Waals surface area (Å²) in [4.78, 5) is 14.9. The number of hydrogen-bond donors (Lipinski definition) is 3. The first-order valence-corrected chi connectivity index (χ1v) is 7.15. The van der Waals surface area contributed by atoms with Crippen molar-refractivity contribution in [2.24, 2.45) is 0 Å². The van der Waals surface area contributed by atoms with Gasteiger partial charge in [-0.25, -0.2) is 0 Å². The maximum Gasteiger partial charge on any atom is 0.321 e. The van der Waals surface area contributed by atoms with E-state index in [0.717, 1.165) is 22.2 Å². The SMILES string of the molecule is Cc1cc([C@H]2N[C@@H](C(=O)O)Cc3c2[nH]c2ccccc32)no1. The van der Waals surface area contributed by atoms with E-state index in [0.29, 0.717) is 17.9 Å². The summed E-state index contributed by atoms with van der Waals surface area (Å²) in [6.45, 7) is 1.82. The topological polar surface area (TPSA) is 91.2 Å². The Hall–Kier alpha value is -2.60. The Morgan fingerprint density at radius 3 is 2.95 bits per heavy atom. The summed E-state index contributed by atoms with van der Waals surface area (Å²) < 4.78 is 5.15. The maximum absolute atomic E-state index is 11.5. The van der Waals surface area contributed by atoms with Crippen LogP contribution >= 0.6 is 0 Å². The van der Waals surface area contributed by atoms with E-state index in [-0.39, 0.29) is 6.04 Å². The third-order valence-corrected chi connectivity index (χ3v) is 4.15. The molecule has 6 nitrogen and oxygen atoms in total. The van der Waals surface area contributed by atoms with Gasteiger partial charge in [-0.05, 0) is 18.6 Å². The number of aromatic nitrogens is 2. The second kappa shape index (κ2) is 4.71. The summed E-state index contributed by atoms with van der Waals surface area (Å²) in [5, 5.41) is 17.7. The van der Waals surface area contributed by atoms with Crippen LogP contribution in [0.1, 0.15) is 28.8 Å². The largest absolute Gasteiger partial charge is 0.480 e. The van der Waals surface area contributed by atoms with E-state index in [1.54, 1.807) is 0 Å². The first-order valence-electron chi connectivity index (χ1n) is 7.15. The van der Waals surface area contributed by atoms with Gasteiger partial charge in [0.15, 0.2) is 0 Å². The highest BCUT2D eigenvalue weighted by atomic mass is 16.5. The highest BCUT2D eigenvalue weighted by molar-refractivity contribution is 5.87. The van der Waals surface area contributed by atoms with Gasteiger partial charge >= 0.3 is 5.97 Å². The van der Waals surface area contributed by atoms with Crippen LogP contribution in [0.2, 0.25) is 0 Å². The summed E-state index contributed by atoms with van der Waals surface area (Å²) in [7, 11) is 0. The summed E-state index contributed by atoms with van der Waals surface area (Å²) in [6.07, 6.45) is 0.446. The van der Waals surface area contributed by atoms with E-state index in [1.165, 1.54) is 0 Å². The van der Waals surface area contributed by atoms with Gasteiger partial charge in [0.1, 0.15) is 17.5 Å². The molecule has 1 aliphatic heterocycles. The Bertz CT molecular complexity index is 865. The smallest absolute Gasteiger partial charge is 0.321 e. The zero-order valence-electron chi connectivity index (χ0n) is 12.0. The fourth-order valence-electron chi connectivity index (χ4n) is 3.15. The molecule has 0 amide bonds. The molecule has 0 radical (unpaired) electrons. The number of hydrogen-bond acceptors (Lipinski definition) is 4. The molecule has 0 saturated heterocycles. The zero-order valence-corrected chi connectivity index (χ0v) is 12.0. The molecule has 3 heterocycles. The number of aryl methyl sites for hydroxylation is 1. The number of nitrogens with zero attached hydrogens (tertiary/aromatic N) is 1. The molecule has 0 unspecified atom stereocenters. The van der Waals surface area contributed by atoms with Gasteiger partial charge in [-0.3, -0.25) is 10.1 Å². The minimum Gasteiger partial charge on any atom is -0.480 e. The molecular formula is C16H15N3O3. The molecule has 2 atom stereocenters. The molecule has 22 heavy (non-hydrogen) atoms. The van der Waals surface area contributed by atoms with Crippen LogP contribution in [-0.4, -0.2) is 27.3 Å². The predicted octanol–water partition coefficient (Wildman–Crippen LogP) is 2.15. The number of aromatic amines is 1. The zero-order chi connectivity index (χ0) is 15.3. The van der Waals surface area contributed by atoms with Crippen molar-refractivity contribution < 1.29 is 14.4 Å². The average Bonchev–Trinajstić information content (AvgIpc) is 3.09. The number of para-hydroxylation sites is 1. The van der Waals surface area contributed by atoms with Gasteiger partial charge < -0.3 is 14.6 Å². The molecule has 1 aromatic carbocycles. The Morgan fingerprint density at radius 1 is 1.41 bits per heavy atom. The standard InChI is InChI=1S/C16H15N3O3/c1-8-6-12(19-22-8)15-14-10(7-13(18-15)16(20)21)9-4-2-3-5-11(9)17-14/h2-6,13,15,17-18H,7H2,1H3,(H,20,21)/t13-,15-/m1/s1. The van der Waals surface area contributed by atoms with Gasteiger partial charge in [-0.1, -0.05) is 23.4 Å². The molecule has 1 aliphatic rings. The number of carboxylic acid groups (broad SMARTS) is 1. The van der Waals surface area contributed by atoms with Crippen molar-refractivity contribution >= 4 is 16.9 Å². The molecule has 112 valence electrons. The Kier molecular flexibility index (Phi) is 2.80. The van der Waals surface area contributed by atoms with Gasteiger partial charge in [0.25, 0.3) is 0 Å². The van der Waals surface area contributed by atoms with E-state index >= 15 is 0 Å². The molecule has 0 fully saturated rings. The summed E-state index contributed by atoms with van der Waals surface area (Å²) in [5.41, 5.74) is 3.70. The molecule has 4 rings (SSSR count). The molecular weight excluding hydrogens is 282 g/mol. The Labute approximate surface area is 126 Å². The quantitative estimate of drug-likeness (QED) is 0.674. The number of aliphatic carboxylic acids is 1. The molecule has 3 aromatic rings. The number of rotatable bonds is 2. The lowest BCUT2D eigenvalue weighted by atomic mass is 9.92. The second-order valence-corrected chi connectivity index (χ2v) is 5.62. The van der Waals surface area contributed by atoms with E-state index in [4.69, 9.17) is 4.52 Å². The fraction of sp³-hybridized carbons (Fsp3) is 0.250. The minimum absolute atomic E-state index is 0.310. The molecule has 0 saturated carbocycles. The predicted molar refractivity (Wildman–Crippen MR) is 79.6 cm³/mol. The van der Waals surface area contributed by atoms with Crippen LogP contribution in [0.3, 0.4) is 0 Å². The highest BCUT2D eigenvalue weighted by Gasteiger charge is 2.35. The third-order valence-electron chi connectivity index (χ3n) is 4.15. The van der Waals surface area contributed by atoms with Gasteiger partial charge in [-0.15, -0.1) is 0 Å². The van der Waals surface area contributed by atoms with Crippen molar-refractivity contribution in [3.63, 3.8) is 0 Å². The van der Waals surface area contributed by atoms with Crippen molar-refractivity contribution in [3.8, 4) is 0 Å². The van der Waals surface area contributed by atoms with Crippen LogP contribution in [-0.2, 0) is 11.2 Å². The van der Waals surface area contributed by atoms with Crippen molar-refractivity contribution in [3.05, 3.63) is 53.0 Å². The van der Waals surface area contributed by atoms with E-state index < -0.39 is 12.0 Å². The molecule has 0 aliphatic carbocycles. The monoisotopic (exact) mass is 297 g/mol. The Morgan fingerprint density at radius 2 is 2.23 bits per heavy atom. The number of nitrogens with one attached hydrogen (secondary N) is 2. The van der Waals surface area contributed by atoms with E-state index in [2.05, 4.69) is 15.5 Å². The van der Waals surface area contributed by atoms with Crippen molar-refractivity contribution in [2.45, 2.75) is 25.4 Å². The summed E-state index contributed by atoms with van der Waals surface area (Å²) in [6, 6.07) is 8.81. The average molecular weight is 297 g/mol. The maximum atomic E-state index is 11.5. The normalized spacial score (nSPS) is 21.0. The first kappa shape index (κ1) is 13.1. The molecule has 2 aromatic heterocycles. The van der Waals surface area contributed by atoms with Crippen LogP contribution in [0.5, 0.6) is 0 Å². The molecule has 6 heteroatoms. The summed E-state index contributed by atoms with van der Waals surface area (Å²) >= 11 is 0.